The molecule has 0 unspecified atom stereocenters. The Kier molecular flexibility index (Phi) is 3.75. The van der Waals surface area contributed by atoms with E-state index in [2.05, 4.69) is 46.1 Å². The van der Waals surface area contributed by atoms with Crippen LogP contribution in [-0.4, -0.2) is 35.6 Å². The molecule has 1 aliphatic carbocycles. The fourth-order valence-electron chi connectivity index (χ4n) is 2.35. The van der Waals surface area contributed by atoms with E-state index in [1.807, 2.05) is 0 Å². The third-order valence-electron chi connectivity index (χ3n) is 3.61. The molecule has 1 saturated carbocycles. The zero-order valence-electron chi connectivity index (χ0n) is 11.0. The Labute approximate surface area is 113 Å². The van der Waals surface area contributed by atoms with Gasteiger partial charge in [-0.2, -0.15) is 11.8 Å². The fourth-order valence-corrected chi connectivity index (χ4v) is 3.25. The second-order valence-electron chi connectivity index (χ2n) is 5.21. The van der Waals surface area contributed by atoms with Crippen molar-refractivity contribution in [2.24, 2.45) is 0 Å². The highest BCUT2D eigenvalue weighted by molar-refractivity contribution is 7.99. The van der Waals surface area contributed by atoms with E-state index >= 15 is 0 Å². The van der Waals surface area contributed by atoms with Crippen LogP contribution in [-0.2, 0) is 6.54 Å². The van der Waals surface area contributed by atoms with Gasteiger partial charge in [-0.25, -0.2) is 0 Å². The first kappa shape index (κ1) is 12.3. The minimum atomic E-state index is 0.760. The Bertz CT molecular complexity index is 412. The lowest BCUT2D eigenvalue weighted by molar-refractivity contribution is 0.681. The molecule has 18 heavy (non-hydrogen) atoms. The Balaban J connectivity index is 1.77. The number of hydrogen-bond donors (Lipinski definition) is 1. The number of thioether (sulfide) groups is 1. The van der Waals surface area contributed by atoms with Crippen molar-refractivity contribution in [1.82, 2.24) is 10.3 Å². The molecule has 4 heteroatoms. The fraction of sp³-hybridized carbons (Fsp3) is 0.643. The van der Waals surface area contributed by atoms with Crippen molar-refractivity contribution in [2.75, 3.05) is 29.5 Å². The van der Waals surface area contributed by atoms with Crippen LogP contribution in [0.15, 0.2) is 12.3 Å². The average Bonchev–Trinajstić information content (AvgIpc) is 3.22. The summed E-state index contributed by atoms with van der Waals surface area (Å²) in [5.74, 6) is 2.49. The molecule has 0 spiro atoms. The van der Waals surface area contributed by atoms with Gasteiger partial charge in [-0.15, -0.1) is 0 Å². The van der Waals surface area contributed by atoms with Gasteiger partial charge in [0.25, 0.3) is 0 Å². The largest absolute Gasteiger partial charge is 0.370 e. The SMILES string of the molecule is Cc1cc(N2CCSCC2)c(CNC2CC2)cn1. The van der Waals surface area contributed by atoms with Gasteiger partial charge in [0, 0.05) is 60.3 Å². The molecule has 0 atom stereocenters. The van der Waals surface area contributed by atoms with Crippen LogP contribution >= 0.6 is 11.8 Å². The number of pyridine rings is 1. The highest BCUT2D eigenvalue weighted by Crippen LogP contribution is 2.26. The number of aromatic nitrogens is 1. The highest BCUT2D eigenvalue weighted by Gasteiger charge is 2.21. The van der Waals surface area contributed by atoms with Crippen LogP contribution in [0.2, 0.25) is 0 Å². The van der Waals surface area contributed by atoms with Gasteiger partial charge < -0.3 is 10.2 Å². The standard InChI is InChI=1S/C14H21N3S/c1-11-8-14(17-4-6-18-7-5-17)12(9-15-11)10-16-13-2-3-13/h8-9,13,16H,2-7,10H2,1H3. The molecule has 1 N–H and O–H groups in total. The lowest BCUT2D eigenvalue weighted by Gasteiger charge is -2.30. The van der Waals surface area contributed by atoms with E-state index in [1.165, 1.54) is 48.7 Å². The Hall–Kier alpha value is -0.740. The maximum atomic E-state index is 4.46. The molecule has 2 heterocycles. The smallest absolute Gasteiger partial charge is 0.0446 e. The minimum absolute atomic E-state index is 0.760. The van der Waals surface area contributed by atoms with Crippen molar-refractivity contribution >= 4 is 17.4 Å². The molecule has 98 valence electrons. The summed E-state index contributed by atoms with van der Waals surface area (Å²) in [5.41, 5.74) is 3.88. The Morgan fingerprint density at radius 3 is 2.89 bits per heavy atom. The Morgan fingerprint density at radius 2 is 2.17 bits per heavy atom. The van der Waals surface area contributed by atoms with Crippen molar-refractivity contribution in [1.29, 1.82) is 0 Å². The van der Waals surface area contributed by atoms with Crippen molar-refractivity contribution in [3.63, 3.8) is 0 Å². The van der Waals surface area contributed by atoms with Crippen LogP contribution in [0.3, 0.4) is 0 Å². The number of anilines is 1. The summed E-state index contributed by atoms with van der Waals surface area (Å²) >= 11 is 2.06. The molecule has 1 aromatic rings. The third kappa shape index (κ3) is 2.98. The molecule has 1 saturated heterocycles. The van der Waals surface area contributed by atoms with E-state index in [9.17, 15) is 0 Å². The zero-order chi connectivity index (χ0) is 12.4. The molecule has 0 radical (unpaired) electrons. The normalized spacial score (nSPS) is 20.2. The van der Waals surface area contributed by atoms with Gasteiger partial charge in [-0.3, -0.25) is 4.98 Å². The number of nitrogens with zero attached hydrogens (tertiary/aromatic N) is 2. The van der Waals surface area contributed by atoms with Crippen LogP contribution in [0.4, 0.5) is 5.69 Å². The van der Waals surface area contributed by atoms with E-state index < -0.39 is 0 Å². The zero-order valence-corrected chi connectivity index (χ0v) is 11.8. The molecule has 2 aliphatic rings. The van der Waals surface area contributed by atoms with Gasteiger partial charge in [0.15, 0.2) is 0 Å². The van der Waals surface area contributed by atoms with Gasteiger partial charge in [0.2, 0.25) is 0 Å². The summed E-state index contributed by atoms with van der Waals surface area (Å²) in [5, 5.41) is 3.60. The molecule has 3 rings (SSSR count). The van der Waals surface area contributed by atoms with Crippen LogP contribution in [0.25, 0.3) is 0 Å². The summed E-state index contributed by atoms with van der Waals surface area (Å²) < 4.78 is 0. The Morgan fingerprint density at radius 1 is 1.39 bits per heavy atom. The lowest BCUT2D eigenvalue weighted by atomic mass is 10.1. The highest BCUT2D eigenvalue weighted by atomic mass is 32.2. The van der Waals surface area contributed by atoms with Gasteiger partial charge >= 0.3 is 0 Å². The van der Waals surface area contributed by atoms with Crippen LogP contribution in [0, 0.1) is 6.92 Å². The monoisotopic (exact) mass is 263 g/mol. The second kappa shape index (κ2) is 5.49. The van der Waals surface area contributed by atoms with Crippen molar-refractivity contribution < 1.29 is 0 Å². The molecule has 2 fully saturated rings. The predicted octanol–water partition coefficient (Wildman–Crippen LogP) is 2.20. The predicted molar refractivity (Wildman–Crippen MR) is 78.4 cm³/mol. The molecule has 0 bridgehead atoms. The molecule has 0 aromatic carbocycles. The summed E-state index contributed by atoms with van der Waals surface area (Å²) in [4.78, 5) is 6.98. The maximum Gasteiger partial charge on any atom is 0.0446 e. The van der Waals surface area contributed by atoms with Gasteiger partial charge in [-0.05, 0) is 25.8 Å². The average molecular weight is 263 g/mol. The van der Waals surface area contributed by atoms with E-state index in [0.717, 1.165) is 18.3 Å². The summed E-state index contributed by atoms with van der Waals surface area (Å²) in [6.07, 6.45) is 4.74. The maximum absolute atomic E-state index is 4.46. The molecule has 1 aromatic heterocycles. The van der Waals surface area contributed by atoms with E-state index in [4.69, 9.17) is 0 Å². The number of rotatable bonds is 4. The molecule has 0 amide bonds. The van der Waals surface area contributed by atoms with E-state index in [0.29, 0.717) is 0 Å². The first-order valence-corrected chi connectivity index (χ1v) is 8.00. The quantitative estimate of drug-likeness (QED) is 0.901. The molecule has 1 aliphatic heterocycles. The van der Waals surface area contributed by atoms with Gasteiger partial charge in [0.05, 0.1) is 0 Å². The topological polar surface area (TPSA) is 28.2 Å². The van der Waals surface area contributed by atoms with Gasteiger partial charge in [0.1, 0.15) is 0 Å². The first-order valence-electron chi connectivity index (χ1n) is 6.84. The number of hydrogen-bond acceptors (Lipinski definition) is 4. The summed E-state index contributed by atoms with van der Waals surface area (Å²) in [6, 6.07) is 3.01. The van der Waals surface area contributed by atoms with Crippen LogP contribution in [0.5, 0.6) is 0 Å². The van der Waals surface area contributed by atoms with Crippen molar-refractivity contribution in [3.8, 4) is 0 Å². The van der Waals surface area contributed by atoms with E-state index in [1.54, 1.807) is 0 Å². The first-order chi connectivity index (χ1) is 8.83. The number of nitrogens with one attached hydrogen (secondary N) is 1. The second-order valence-corrected chi connectivity index (χ2v) is 6.43. The lowest BCUT2D eigenvalue weighted by Crippen LogP contribution is -2.33. The van der Waals surface area contributed by atoms with Crippen molar-refractivity contribution in [3.05, 3.63) is 23.5 Å². The van der Waals surface area contributed by atoms with Crippen LogP contribution in [0.1, 0.15) is 24.1 Å². The van der Waals surface area contributed by atoms with E-state index in [-0.39, 0.29) is 0 Å². The number of aryl methyl sites for hydroxylation is 1. The molecular weight excluding hydrogens is 242 g/mol. The molecular formula is C14H21N3S. The summed E-state index contributed by atoms with van der Waals surface area (Å²) in [6.45, 7) is 5.40. The third-order valence-corrected chi connectivity index (χ3v) is 4.55. The van der Waals surface area contributed by atoms with Crippen LogP contribution < -0.4 is 10.2 Å². The molecule has 3 nitrogen and oxygen atoms in total. The minimum Gasteiger partial charge on any atom is -0.370 e. The van der Waals surface area contributed by atoms with Gasteiger partial charge in [-0.1, -0.05) is 0 Å². The van der Waals surface area contributed by atoms with Crippen molar-refractivity contribution in [2.45, 2.75) is 32.4 Å². The summed E-state index contributed by atoms with van der Waals surface area (Å²) in [7, 11) is 0.